The average Bonchev–Trinajstić information content (AvgIpc) is 2.91. The lowest BCUT2D eigenvalue weighted by atomic mass is 9.91. The molecular formula is C16H19N3O4. The first-order valence-corrected chi connectivity index (χ1v) is 7.10. The van der Waals surface area contributed by atoms with Gasteiger partial charge in [-0.25, -0.2) is 9.59 Å². The van der Waals surface area contributed by atoms with Crippen molar-refractivity contribution in [3.63, 3.8) is 0 Å². The van der Waals surface area contributed by atoms with Crippen molar-refractivity contribution in [3.05, 3.63) is 52.9 Å². The molecule has 2 rings (SSSR count). The normalized spacial score (nSPS) is 13.2. The number of carboxylic acids is 1. The summed E-state index contributed by atoms with van der Waals surface area (Å²) in [5.74, 6) is -0.656. The molecule has 122 valence electrons. The van der Waals surface area contributed by atoms with Gasteiger partial charge in [-0.2, -0.15) is 0 Å². The third kappa shape index (κ3) is 3.88. The fraction of sp³-hybridized carbons (Fsp3) is 0.312. The van der Waals surface area contributed by atoms with E-state index in [1.54, 1.807) is 37.3 Å². The van der Waals surface area contributed by atoms with Gasteiger partial charge in [0.15, 0.2) is 11.3 Å². The lowest BCUT2D eigenvalue weighted by Gasteiger charge is -2.27. The maximum Gasteiger partial charge on any atom is 0.333 e. The van der Waals surface area contributed by atoms with Gasteiger partial charge >= 0.3 is 12.0 Å². The molecule has 0 aliphatic heterocycles. The fourth-order valence-corrected chi connectivity index (χ4v) is 2.07. The Hall–Kier alpha value is -2.83. The van der Waals surface area contributed by atoms with E-state index in [0.717, 1.165) is 5.56 Å². The molecule has 0 aliphatic carbocycles. The molecule has 3 N–H and O–H groups in total. The van der Waals surface area contributed by atoms with Crippen LogP contribution >= 0.6 is 0 Å². The minimum absolute atomic E-state index is 0.121. The van der Waals surface area contributed by atoms with E-state index in [2.05, 4.69) is 15.8 Å². The zero-order valence-corrected chi connectivity index (χ0v) is 13.2. The topological polar surface area (TPSA) is 104 Å². The van der Waals surface area contributed by atoms with Gasteiger partial charge in [-0.15, -0.1) is 0 Å². The number of aryl methyl sites for hydroxylation is 2. The van der Waals surface area contributed by atoms with Crippen molar-refractivity contribution in [3.8, 4) is 0 Å². The summed E-state index contributed by atoms with van der Waals surface area (Å²) in [6.07, 6.45) is 0. The molecule has 1 aromatic heterocycles. The summed E-state index contributed by atoms with van der Waals surface area (Å²) in [6, 6.07) is 8.05. The molecule has 2 amide bonds. The molecule has 1 heterocycles. The minimum Gasteiger partial charge on any atom is -0.479 e. The van der Waals surface area contributed by atoms with Crippen molar-refractivity contribution in [1.29, 1.82) is 0 Å². The van der Waals surface area contributed by atoms with Gasteiger partial charge in [-0.05, 0) is 26.3 Å². The van der Waals surface area contributed by atoms with Crippen LogP contribution in [0.5, 0.6) is 0 Å². The van der Waals surface area contributed by atoms with E-state index in [4.69, 9.17) is 4.52 Å². The monoisotopic (exact) mass is 317 g/mol. The summed E-state index contributed by atoms with van der Waals surface area (Å²) >= 11 is 0. The van der Waals surface area contributed by atoms with Crippen molar-refractivity contribution in [1.82, 2.24) is 15.8 Å². The number of carboxylic acid groups (broad SMARTS) is 1. The lowest BCUT2D eigenvalue weighted by Crippen LogP contribution is -2.52. The van der Waals surface area contributed by atoms with Crippen LogP contribution in [0.25, 0.3) is 0 Å². The smallest absolute Gasteiger partial charge is 0.333 e. The number of carbonyl (C=O) groups is 2. The molecule has 0 spiro atoms. The highest BCUT2D eigenvalue weighted by molar-refractivity contribution is 5.87. The third-order valence-electron chi connectivity index (χ3n) is 3.52. The van der Waals surface area contributed by atoms with Crippen LogP contribution in [-0.2, 0) is 16.9 Å². The summed E-state index contributed by atoms with van der Waals surface area (Å²) < 4.78 is 4.98. The molecule has 0 saturated heterocycles. The standard InChI is InChI=1S/C16H19N3O4/c1-10-4-6-12(7-5-10)16(3,14(20)21)18-15(22)17-9-13-8-11(2)19-23-13/h4-8H,9H2,1-3H3,(H,20,21)(H2,17,18,22)/t16-/m0/s1. The van der Waals surface area contributed by atoms with Gasteiger partial charge in [0.25, 0.3) is 0 Å². The molecule has 2 aromatic rings. The van der Waals surface area contributed by atoms with Crippen LogP contribution < -0.4 is 10.6 Å². The van der Waals surface area contributed by atoms with Crippen molar-refractivity contribution in [2.45, 2.75) is 32.9 Å². The first-order valence-electron chi connectivity index (χ1n) is 7.10. The number of benzene rings is 1. The highest BCUT2D eigenvalue weighted by atomic mass is 16.5. The van der Waals surface area contributed by atoms with E-state index in [1.807, 2.05) is 6.92 Å². The van der Waals surface area contributed by atoms with Gasteiger partial charge < -0.3 is 20.3 Å². The lowest BCUT2D eigenvalue weighted by molar-refractivity contribution is -0.144. The van der Waals surface area contributed by atoms with E-state index in [0.29, 0.717) is 17.0 Å². The molecule has 0 unspecified atom stereocenters. The second-order valence-corrected chi connectivity index (χ2v) is 5.54. The second kappa shape index (κ2) is 6.51. The van der Waals surface area contributed by atoms with Gasteiger partial charge in [0.2, 0.25) is 0 Å². The van der Waals surface area contributed by atoms with Crippen molar-refractivity contribution < 1.29 is 19.2 Å². The Bertz CT molecular complexity index is 708. The fourth-order valence-electron chi connectivity index (χ4n) is 2.07. The number of hydrogen-bond acceptors (Lipinski definition) is 4. The van der Waals surface area contributed by atoms with Crippen molar-refractivity contribution >= 4 is 12.0 Å². The minimum atomic E-state index is -1.53. The van der Waals surface area contributed by atoms with Crippen molar-refractivity contribution in [2.24, 2.45) is 0 Å². The van der Waals surface area contributed by atoms with Crippen LogP contribution in [0.2, 0.25) is 0 Å². The maximum absolute atomic E-state index is 12.0. The first-order chi connectivity index (χ1) is 10.8. The summed E-state index contributed by atoms with van der Waals surface area (Å²) in [6.45, 7) is 5.24. The highest BCUT2D eigenvalue weighted by Crippen LogP contribution is 2.21. The predicted octanol–water partition coefficient (Wildman–Crippen LogP) is 2.09. The summed E-state index contributed by atoms with van der Waals surface area (Å²) in [5.41, 5.74) is 0.667. The quantitative estimate of drug-likeness (QED) is 0.783. The third-order valence-corrected chi connectivity index (χ3v) is 3.52. The summed E-state index contributed by atoms with van der Waals surface area (Å²) in [4.78, 5) is 23.7. The van der Waals surface area contributed by atoms with E-state index in [-0.39, 0.29) is 6.54 Å². The SMILES string of the molecule is Cc1ccc([C@](C)(NC(=O)NCc2cc(C)no2)C(=O)O)cc1. The number of nitrogens with one attached hydrogen (secondary N) is 2. The van der Waals surface area contributed by atoms with Crippen LogP contribution in [-0.4, -0.2) is 22.3 Å². The Morgan fingerprint density at radius 2 is 1.91 bits per heavy atom. The van der Waals surface area contributed by atoms with E-state index in [1.165, 1.54) is 6.92 Å². The van der Waals surface area contributed by atoms with Crippen LogP contribution in [0.3, 0.4) is 0 Å². The number of amides is 2. The average molecular weight is 317 g/mol. The Morgan fingerprint density at radius 1 is 1.26 bits per heavy atom. The number of aromatic nitrogens is 1. The number of carbonyl (C=O) groups excluding carboxylic acids is 1. The molecular weight excluding hydrogens is 298 g/mol. The molecule has 0 radical (unpaired) electrons. The van der Waals surface area contributed by atoms with Gasteiger partial charge in [-0.1, -0.05) is 35.0 Å². The summed E-state index contributed by atoms with van der Waals surface area (Å²) in [7, 11) is 0. The van der Waals surface area contributed by atoms with Gasteiger partial charge in [0.05, 0.1) is 12.2 Å². The highest BCUT2D eigenvalue weighted by Gasteiger charge is 2.36. The van der Waals surface area contributed by atoms with Gasteiger partial charge in [0.1, 0.15) is 0 Å². The molecule has 0 bridgehead atoms. The molecule has 0 fully saturated rings. The van der Waals surface area contributed by atoms with Crippen LogP contribution in [0.1, 0.15) is 29.5 Å². The Kier molecular flexibility index (Phi) is 4.68. The largest absolute Gasteiger partial charge is 0.479 e. The molecule has 7 nitrogen and oxygen atoms in total. The Morgan fingerprint density at radius 3 is 2.43 bits per heavy atom. The second-order valence-electron chi connectivity index (χ2n) is 5.54. The van der Waals surface area contributed by atoms with E-state index >= 15 is 0 Å². The number of hydrogen-bond donors (Lipinski definition) is 3. The maximum atomic E-state index is 12.0. The van der Waals surface area contributed by atoms with Crippen LogP contribution in [0.4, 0.5) is 4.79 Å². The molecule has 7 heteroatoms. The van der Waals surface area contributed by atoms with Gasteiger partial charge in [-0.3, -0.25) is 0 Å². The predicted molar refractivity (Wildman–Crippen MR) is 82.8 cm³/mol. The zero-order chi connectivity index (χ0) is 17.0. The molecule has 0 saturated carbocycles. The van der Waals surface area contributed by atoms with Crippen LogP contribution in [0.15, 0.2) is 34.9 Å². The molecule has 23 heavy (non-hydrogen) atoms. The molecule has 1 aromatic carbocycles. The Balaban J connectivity index is 2.07. The number of nitrogens with zero attached hydrogens (tertiary/aromatic N) is 1. The number of aliphatic carboxylic acids is 1. The zero-order valence-electron chi connectivity index (χ0n) is 13.2. The van der Waals surface area contributed by atoms with Crippen LogP contribution in [0, 0.1) is 13.8 Å². The Labute approximate surface area is 133 Å². The number of rotatable bonds is 5. The van der Waals surface area contributed by atoms with E-state index in [9.17, 15) is 14.7 Å². The van der Waals surface area contributed by atoms with Crippen molar-refractivity contribution in [2.75, 3.05) is 0 Å². The number of urea groups is 1. The molecule has 1 atom stereocenters. The summed E-state index contributed by atoms with van der Waals surface area (Å²) in [5, 5.41) is 18.3. The molecule has 0 aliphatic rings. The first kappa shape index (κ1) is 16.5. The van der Waals surface area contributed by atoms with E-state index < -0.39 is 17.5 Å². The van der Waals surface area contributed by atoms with Gasteiger partial charge in [0, 0.05) is 6.07 Å².